The quantitative estimate of drug-likeness (QED) is 0.726. The topological polar surface area (TPSA) is 34.2 Å². The van der Waals surface area contributed by atoms with E-state index in [2.05, 4.69) is 10.3 Å². The molecule has 106 valence electrons. The summed E-state index contributed by atoms with van der Waals surface area (Å²) in [6, 6.07) is 15.3. The van der Waals surface area contributed by atoms with E-state index in [0.29, 0.717) is 10.8 Å². The second kappa shape index (κ2) is 6.02. The molecular formula is C17H15ClN2O. The third-order valence-electron chi connectivity index (χ3n) is 3.14. The van der Waals surface area contributed by atoms with E-state index in [1.165, 1.54) is 0 Å². The van der Waals surface area contributed by atoms with Gasteiger partial charge in [-0.3, -0.25) is 4.98 Å². The van der Waals surface area contributed by atoms with Crippen LogP contribution in [0.2, 0.25) is 5.02 Å². The molecule has 1 heterocycles. The molecule has 1 aromatic heterocycles. The molecule has 21 heavy (non-hydrogen) atoms. The molecular weight excluding hydrogens is 284 g/mol. The number of fused-ring (bicyclic) bond motifs is 1. The number of nitrogens with zero attached hydrogens (tertiary/aromatic N) is 1. The van der Waals surface area contributed by atoms with Crippen molar-refractivity contribution in [3.63, 3.8) is 0 Å². The monoisotopic (exact) mass is 298 g/mol. The Morgan fingerprint density at radius 1 is 1.10 bits per heavy atom. The second-order valence-corrected chi connectivity index (χ2v) is 4.98. The van der Waals surface area contributed by atoms with Crippen LogP contribution < -0.4 is 10.1 Å². The van der Waals surface area contributed by atoms with E-state index in [0.717, 1.165) is 28.9 Å². The second-order valence-electron chi connectivity index (χ2n) is 4.57. The van der Waals surface area contributed by atoms with Crippen molar-refractivity contribution < 1.29 is 4.74 Å². The zero-order chi connectivity index (χ0) is 14.7. The molecule has 0 radical (unpaired) electrons. The van der Waals surface area contributed by atoms with E-state index in [9.17, 15) is 0 Å². The van der Waals surface area contributed by atoms with E-state index in [1.54, 1.807) is 6.20 Å². The van der Waals surface area contributed by atoms with Gasteiger partial charge in [0.05, 0.1) is 5.02 Å². The van der Waals surface area contributed by atoms with Crippen LogP contribution in [0.3, 0.4) is 0 Å². The third kappa shape index (κ3) is 2.78. The number of ether oxygens (including phenoxy) is 1. The van der Waals surface area contributed by atoms with Crippen LogP contribution in [0.25, 0.3) is 10.9 Å². The lowest BCUT2D eigenvalue weighted by Gasteiger charge is -2.12. The minimum absolute atomic E-state index is 0.662. The lowest BCUT2D eigenvalue weighted by atomic mass is 10.1. The highest BCUT2D eigenvalue weighted by molar-refractivity contribution is 6.36. The van der Waals surface area contributed by atoms with E-state index in [-0.39, 0.29) is 0 Å². The number of para-hydroxylation sites is 1. The fraction of sp³-hybridized carbons (Fsp3) is 0.118. The maximum atomic E-state index is 6.34. The van der Waals surface area contributed by atoms with E-state index in [1.807, 2.05) is 55.5 Å². The zero-order valence-electron chi connectivity index (χ0n) is 11.6. The Balaban J connectivity index is 2.12. The van der Waals surface area contributed by atoms with Gasteiger partial charge in [0, 0.05) is 23.8 Å². The van der Waals surface area contributed by atoms with Crippen LogP contribution in [0, 0.1) is 0 Å². The molecule has 0 aliphatic heterocycles. The fourth-order valence-corrected chi connectivity index (χ4v) is 2.49. The molecule has 4 heteroatoms. The number of pyridine rings is 1. The summed E-state index contributed by atoms with van der Waals surface area (Å²) in [7, 11) is 0. The maximum Gasteiger partial charge on any atom is 0.153 e. The predicted molar refractivity (Wildman–Crippen MR) is 87.4 cm³/mol. The van der Waals surface area contributed by atoms with Crippen LogP contribution in [0.5, 0.6) is 11.5 Å². The standard InChI is InChI=1S/C17H15ClN2O/c1-2-19-14-10-11-20-17-15(9-8-13(18)16(14)17)21-12-6-4-3-5-7-12/h3-11H,2H2,1H3,(H,19,20). The van der Waals surface area contributed by atoms with Crippen molar-refractivity contribution in [2.45, 2.75) is 6.92 Å². The summed E-state index contributed by atoms with van der Waals surface area (Å²) in [6.07, 6.45) is 1.76. The van der Waals surface area contributed by atoms with Gasteiger partial charge in [-0.05, 0) is 37.3 Å². The molecule has 3 rings (SSSR count). The third-order valence-corrected chi connectivity index (χ3v) is 3.46. The Bertz CT molecular complexity index is 759. The summed E-state index contributed by atoms with van der Waals surface area (Å²) in [6.45, 7) is 2.86. The van der Waals surface area contributed by atoms with Crippen molar-refractivity contribution in [2.24, 2.45) is 0 Å². The number of benzene rings is 2. The van der Waals surface area contributed by atoms with Gasteiger partial charge in [0.2, 0.25) is 0 Å². The first-order valence-corrected chi connectivity index (χ1v) is 7.21. The number of nitrogens with one attached hydrogen (secondary N) is 1. The van der Waals surface area contributed by atoms with Crippen molar-refractivity contribution in [3.8, 4) is 11.5 Å². The van der Waals surface area contributed by atoms with E-state index < -0.39 is 0 Å². The highest BCUT2D eigenvalue weighted by atomic mass is 35.5. The van der Waals surface area contributed by atoms with Crippen molar-refractivity contribution >= 4 is 28.2 Å². The van der Waals surface area contributed by atoms with Crippen molar-refractivity contribution in [1.82, 2.24) is 4.98 Å². The fourth-order valence-electron chi connectivity index (χ4n) is 2.24. The molecule has 0 amide bonds. The summed E-state index contributed by atoms with van der Waals surface area (Å²) < 4.78 is 5.93. The molecule has 3 aromatic rings. The van der Waals surface area contributed by atoms with Crippen LogP contribution in [-0.4, -0.2) is 11.5 Å². The molecule has 1 N–H and O–H groups in total. The Hall–Kier alpha value is -2.26. The van der Waals surface area contributed by atoms with Gasteiger partial charge in [-0.25, -0.2) is 0 Å². The van der Waals surface area contributed by atoms with E-state index in [4.69, 9.17) is 16.3 Å². The van der Waals surface area contributed by atoms with Gasteiger partial charge in [-0.15, -0.1) is 0 Å². The highest BCUT2D eigenvalue weighted by Crippen LogP contribution is 2.36. The number of hydrogen-bond acceptors (Lipinski definition) is 3. The molecule has 0 aliphatic rings. The van der Waals surface area contributed by atoms with Gasteiger partial charge in [0.25, 0.3) is 0 Å². The van der Waals surface area contributed by atoms with Gasteiger partial charge in [-0.1, -0.05) is 29.8 Å². The number of anilines is 1. The van der Waals surface area contributed by atoms with Crippen molar-refractivity contribution in [1.29, 1.82) is 0 Å². The lowest BCUT2D eigenvalue weighted by Crippen LogP contribution is -1.99. The molecule has 2 aromatic carbocycles. The zero-order valence-corrected chi connectivity index (χ0v) is 12.4. The molecule has 0 unspecified atom stereocenters. The number of aromatic nitrogens is 1. The average molecular weight is 299 g/mol. The molecule has 0 aliphatic carbocycles. The molecule has 0 fully saturated rings. The SMILES string of the molecule is CCNc1ccnc2c(Oc3ccccc3)ccc(Cl)c12. The van der Waals surface area contributed by atoms with Gasteiger partial charge in [-0.2, -0.15) is 0 Å². The maximum absolute atomic E-state index is 6.34. The molecule has 0 saturated heterocycles. The van der Waals surface area contributed by atoms with Gasteiger partial charge >= 0.3 is 0 Å². The Labute approximate surface area is 128 Å². The molecule has 0 atom stereocenters. The minimum Gasteiger partial charge on any atom is -0.455 e. The van der Waals surface area contributed by atoms with Crippen LogP contribution >= 0.6 is 11.6 Å². The smallest absolute Gasteiger partial charge is 0.153 e. The first kappa shape index (κ1) is 13.7. The van der Waals surface area contributed by atoms with Crippen LogP contribution in [0.1, 0.15) is 6.92 Å². The Morgan fingerprint density at radius 3 is 2.67 bits per heavy atom. The first-order valence-electron chi connectivity index (χ1n) is 6.83. The minimum atomic E-state index is 0.662. The normalized spacial score (nSPS) is 10.6. The van der Waals surface area contributed by atoms with Gasteiger partial charge < -0.3 is 10.1 Å². The van der Waals surface area contributed by atoms with Crippen LogP contribution in [-0.2, 0) is 0 Å². The predicted octanol–water partition coefficient (Wildman–Crippen LogP) is 5.11. The van der Waals surface area contributed by atoms with Crippen molar-refractivity contribution in [2.75, 3.05) is 11.9 Å². The Kier molecular flexibility index (Phi) is 3.93. The van der Waals surface area contributed by atoms with Gasteiger partial charge in [0.15, 0.2) is 5.75 Å². The lowest BCUT2D eigenvalue weighted by molar-refractivity contribution is 0.487. The molecule has 0 bridgehead atoms. The van der Waals surface area contributed by atoms with Crippen molar-refractivity contribution in [3.05, 3.63) is 59.8 Å². The molecule has 0 spiro atoms. The van der Waals surface area contributed by atoms with Crippen LogP contribution in [0.15, 0.2) is 54.7 Å². The highest BCUT2D eigenvalue weighted by Gasteiger charge is 2.11. The summed E-state index contributed by atoms with van der Waals surface area (Å²) in [5.41, 5.74) is 1.72. The van der Waals surface area contributed by atoms with E-state index >= 15 is 0 Å². The summed E-state index contributed by atoms with van der Waals surface area (Å²) in [4.78, 5) is 4.43. The first-order chi connectivity index (χ1) is 10.3. The number of hydrogen-bond donors (Lipinski definition) is 1. The summed E-state index contributed by atoms with van der Waals surface area (Å²) in [5, 5.41) is 4.85. The summed E-state index contributed by atoms with van der Waals surface area (Å²) >= 11 is 6.34. The number of rotatable bonds is 4. The van der Waals surface area contributed by atoms with Gasteiger partial charge in [0.1, 0.15) is 11.3 Å². The van der Waals surface area contributed by atoms with Crippen LogP contribution in [0.4, 0.5) is 5.69 Å². The molecule has 0 saturated carbocycles. The average Bonchev–Trinajstić information content (AvgIpc) is 2.52. The molecule has 3 nitrogen and oxygen atoms in total. The number of halogens is 1. The largest absolute Gasteiger partial charge is 0.455 e. The Morgan fingerprint density at radius 2 is 1.90 bits per heavy atom. The summed E-state index contributed by atoms with van der Waals surface area (Å²) in [5.74, 6) is 1.47.